The molecule has 7 heteroatoms. The number of benzene rings is 1. The molecule has 2 heterocycles. The molecule has 0 aliphatic heterocycles. The van der Waals surface area contributed by atoms with Crippen molar-refractivity contribution in [2.24, 2.45) is 4.99 Å². The van der Waals surface area contributed by atoms with Gasteiger partial charge in [0.25, 0.3) is 0 Å². The largest absolute Gasteiger partial charge is 0.455 e. The van der Waals surface area contributed by atoms with Crippen LogP contribution >= 0.6 is 11.3 Å². The third-order valence-electron chi connectivity index (χ3n) is 4.67. The Labute approximate surface area is 163 Å². The van der Waals surface area contributed by atoms with Gasteiger partial charge in [-0.05, 0) is 55.5 Å². The SMILES string of the molecule is N#Cc1c(N=Cc2ccc(-c3cccc(C(F)(F)F)c3)o2)sc2c1CCCC2. The molecule has 0 fully saturated rings. The number of nitrogens with zero attached hydrogens (tertiary/aromatic N) is 2. The molecular weight excluding hydrogens is 385 g/mol. The molecule has 0 unspecified atom stereocenters. The van der Waals surface area contributed by atoms with Crippen LogP contribution in [0.2, 0.25) is 0 Å². The second-order valence-electron chi connectivity index (χ2n) is 6.54. The lowest BCUT2D eigenvalue weighted by atomic mass is 9.96. The van der Waals surface area contributed by atoms with Crippen LogP contribution in [-0.4, -0.2) is 6.21 Å². The number of hydrogen-bond donors (Lipinski definition) is 0. The highest BCUT2D eigenvalue weighted by Gasteiger charge is 2.30. The summed E-state index contributed by atoms with van der Waals surface area (Å²) in [5.41, 5.74) is 1.36. The van der Waals surface area contributed by atoms with Crippen molar-refractivity contribution in [1.82, 2.24) is 0 Å². The van der Waals surface area contributed by atoms with Gasteiger partial charge in [0.15, 0.2) is 0 Å². The van der Waals surface area contributed by atoms with E-state index in [9.17, 15) is 18.4 Å². The average Bonchev–Trinajstić information content (AvgIpc) is 3.30. The molecule has 3 aromatic rings. The Kier molecular flexibility index (Phi) is 4.82. The van der Waals surface area contributed by atoms with Crippen LogP contribution in [0.25, 0.3) is 11.3 Å². The van der Waals surface area contributed by atoms with Crippen LogP contribution in [0.15, 0.2) is 45.8 Å². The number of fused-ring (bicyclic) bond motifs is 1. The maximum atomic E-state index is 12.9. The first-order valence-corrected chi connectivity index (χ1v) is 9.63. The number of furan rings is 1. The second-order valence-corrected chi connectivity index (χ2v) is 7.63. The van der Waals surface area contributed by atoms with E-state index >= 15 is 0 Å². The number of halogens is 3. The topological polar surface area (TPSA) is 49.3 Å². The highest BCUT2D eigenvalue weighted by Crippen LogP contribution is 2.39. The lowest BCUT2D eigenvalue weighted by Crippen LogP contribution is -2.04. The van der Waals surface area contributed by atoms with Crippen molar-refractivity contribution in [1.29, 1.82) is 5.26 Å². The Hall–Kier alpha value is -2.85. The summed E-state index contributed by atoms with van der Waals surface area (Å²) < 4.78 is 44.3. The van der Waals surface area contributed by atoms with Crippen LogP contribution in [-0.2, 0) is 19.0 Å². The van der Waals surface area contributed by atoms with Crippen LogP contribution in [0.3, 0.4) is 0 Å². The molecule has 2 aromatic heterocycles. The number of hydrogen-bond acceptors (Lipinski definition) is 4. The van der Waals surface area contributed by atoms with Gasteiger partial charge in [0.1, 0.15) is 22.6 Å². The van der Waals surface area contributed by atoms with E-state index in [0.717, 1.165) is 43.4 Å². The van der Waals surface area contributed by atoms with Gasteiger partial charge in [-0.3, -0.25) is 0 Å². The molecule has 1 aliphatic rings. The summed E-state index contributed by atoms with van der Waals surface area (Å²) >= 11 is 1.53. The summed E-state index contributed by atoms with van der Waals surface area (Å²) in [5, 5.41) is 10.1. The molecule has 0 radical (unpaired) electrons. The average molecular weight is 400 g/mol. The zero-order chi connectivity index (χ0) is 19.7. The first-order chi connectivity index (χ1) is 13.5. The zero-order valence-electron chi connectivity index (χ0n) is 14.7. The normalized spacial score (nSPS) is 14.2. The number of rotatable bonds is 3. The van der Waals surface area contributed by atoms with Gasteiger partial charge in [0, 0.05) is 10.4 Å². The molecular formula is C21H15F3N2OS. The fraction of sp³-hybridized carbons (Fsp3) is 0.238. The summed E-state index contributed by atoms with van der Waals surface area (Å²) in [7, 11) is 0. The summed E-state index contributed by atoms with van der Waals surface area (Å²) in [5.74, 6) is 0.751. The van der Waals surface area contributed by atoms with E-state index in [4.69, 9.17) is 4.42 Å². The number of thiophene rings is 1. The minimum atomic E-state index is -4.40. The van der Waals surface area contributed by atoms with Crippen LogP contribution in [0.4, 0.5) is 18.2 Å². The summed E-state index contributed by atoms with van der Waals surface area (Å²) in [6, 6.07) is 10.5. The third-order valence-corrected chi connectivity index (χ3v) is 5.87. The van der Waals surface area contributed by atoms with Crippen molar-refractivity contribution in [3.8, 4) is 17.4 Å². The second kappa shape index (κ2) is 7.28. The molecule has 0 saturated heterocycles. The van der Waals surface area contributed by atoms with Gasteiger partial charge in [-0.15, -0.1) is 11.3 Å². The minimum absolute atomic E-state index is 0.332. The lowest BCUT2D eigenvalue weighted by molar-refractivity contribution is -0.137. The van der Waals surface area contributed by atoms with Crippen molar-refractivity contribution in [2.75, 3.05) is 0 Å². The predicted octanol–water partition coefficient (Wildman–Crippen LogP) is 6.53. The standard InChI is InChI=1S/C21H15F3N2OS/c22-21(23,24)14-5-3-4-13(10-14)18-9-8-15(27-18)12-26-20-17(11-25)16-6-1-2-7-19(16)28-20/h3-5,8-10,12H,1-2,6-7H2. The van der Waals surface area contributed by atoms with E-state index in [-0.39, 0.29) is 0 Å². The van der Waals surface area contributed by atoms with Crippen LogP contribution in [0, 0.1) is 11.3 Å². The molecule has 4 rings (SSSR count). The van der Waals surface area contributed by atoms with Crippen LogP contribution in [0.1, 0.15) is 40.2 Å². The molecule has 0 N–H and O–H groups in total. The smallest absolute Gasteiger partial charge is 0.416 e. The Morgan fingerprint density at radius 3 is 2.75 bits per heavy atom. The van der Waals surface area contributed by atoms with Crippen molar-refractivity contribution in [3.05, 3.63) is 63.7 Å². The van der Waals surface area contributed by atoms with Gasteiger partial charge >= 0.3 is 6.18 Å². The van der Waals surface area contributed by atoms with Crippen LogP contribution in [0.5, 0.6) is 0 Å². The Morgan fingerprint density at radius 2 is 1.96 bits per heavy atom. The van der Waals surface area contributed by atoms with Crippen LogP contribution < -0.4 is 0 Å². The van der Waals surface area contributed by atoms with Gasteiger partial charge < -0.3 is 4.42 Å². The van der Waals surface area contributed by atoms with Crippen molar-refractivity contribution in [3.63, 3.8) is 0 Å². The highest BCUT2D eigenvalue weighted by molar-refractivity contribution is 7.16. The number of aryl methyl sites for hydroxylation is 1. The van der Waals surface area contributed by atoms with E-state index in [1.54, 1.807) is 18.2 Å². The molecule has 0 amide bonds. The van der Waals surface area contributed by atoms with Crippen molar-refractivity contribution in [2.45, 2.75) is 31.9 Å². The molecule has 1 aliphatic carbocycles. The fourth-order valence-electron chi connectivity index (χ4n) is 3.31. The monoisotopic (exact) mass is 400 g/mol. The van der Waals surface area contributed by atoms with Crippen molar-refractivity contribution >= 4 is 22.6 Å². The maximum Gasteiger partial charge on any atom is 0.416 e. The number of alkyl halides is 3. The lowest BCUT2D eigenvalue weighted by Gasteiger charge is -2.09. The third kappa shape index (κ3) is 3.60. The van der Waals surface area contributed by atoms with Gasteiger partial charge in [-0.2, -0.15) is 18.4 Å². The van der Waals surface area contributed by atoms with Gasteiger partial charge in [-0.25, -0.2) is 4.99 Å². The first-order valence-electron chi connectivity index (χ1n) is 8.82. The summed E-state index contributed by atoms with van der Waals surface area (Å²) in [6.07, 6.45) is 1.20. The van der Waals surface area contributed by atoms with Gasteiger partial charge in [0.2, 0.25) is 0 Å². The predicted molar refractivity (Wildman–Crippen MR) is 102 cm³/mol. The molecule has 0 bridgehead atoms. The Balaban J connectivity index is 1.60. The molecule has 28 heavy (non-hydrogen) atoms. The van der Waals surface area contributed by atoms with E-state index in [2.05, 4.69) is 11.1 Å². The molecule has 142 valence electrons. The molecule has 0 spiro atoms. The highest BCUT2D eigenvalue weighted by atomic mass is 32.1. The quantitative estimate of drug-likeness (QED) is 0.470. The minimum Gasteiger partial charge on any atom is -0.455 e. The molecule has 3 nitrogen and oxygen atoms in total. The van der Waals surface area contributed by atoms with E-state index < -0.39 is 11.7 Å². The fourth-order valence-corrected chi connectivity index (χ4v) is 4.49. The maximum absolute atomic E-state index is 12.9. The first kappa shape index (κ1) is 18.5. The molecule has 0 saturated carbocycles. The number of nitriles is 1. The number of aliphatic imine (C=N–C) groups is 1. The van der Waals surface area contributed by atoms with E-state index in [0.29, 0.717) is 27.6 Å². The Bertz CT molecular complexity index is 1090. The summed E-state index contributed by atoms with van der Waals surface area (Å²) in [4.78, 5) is 5.63. The van der Waals surface area contributed by atoms with E-state index in [1.165, 1.54) is 28.5 Å². The Morgan fingerprint density at radius 1 is 1.14 bits per heavy atom. The van der Waals surface area contributed by atoms with E-state index in [1.807, 2.05) is 0 Å². The molecule has 1 aromatic carbocycles. The van der Waals surface area contributed by atoms with Gasteiger partial charge in [0.05, 0.1) is 17.3 Å². The van der Waals surface area contributed by atoms with Crippen molar-refractivity contribution < 1.29 is 17.6 Å². The zero-order valence-corrected chi connectivity index (χ0v) is 15.5. The molecule has 0 atom stereocenters. The summed E-state index contributed by atoms with van der Waals surface area (Å²) in [6.45, 7) is 0. The van der Waals surface area contributed by atoms with Gasteiger partial charge in [-0.1, -0.05) is 12.1 Å².